The number of rotatable bonds is 5. The van der Waals surface area contributed by atoms with Crippen molar-refractivity contribution in [2.45, 2.75) is 44.7 Å². The van der Waals surface area contributed by atoms with Crippen LogP contribution in [0.25, 0.3) is 0 Å². The minimum absolute atomic E-state index is 0.186. The van der Waals surface area contributed by atoms with Crippen molar-refractivity contribution in [3.63, 3.8) is 0 Å². The van der Waals surface area contributed by atoms with Crippen LogP contribution in [0.2, 0.25) is 0 Å². The van der Waals surface area contributed by atoms with E-state index in [1.807, 2.05) is 32.9 Å². The van der Waals surface area contributed by atoms with Gasteiger partial charge in [-0.3, -0.25) is 4.21 Å². The third kappa shape index (κ3) is 4.10. The number of furan rings is 1. The minimum Gasteiger partial charge on any atom is -0.464 e. The van der Waals surface area contributed by atoms with Crippen LogP contribution in [0.1, 0.15) is 39.2 Å². The molecule has 0 aliphatic rings. The predicted molar refractivity (Wildman–Crippen MR) is 67.7 cm³/mol. The van der Waals surface area contributed by atoms with E-state index < -0.39 is 10.8 Å². The molecule has 1 aromatic rings. The molecule has 0 radical (unpaired) electrons. The SMILES string of the molecule is CCNCc1ccc(CS(=O)C(C)(C)C)o1. The van der Waals surface area contributed by atoms with Crippen LogP contribution in [0.15, 0.2) is 16.5 Å². The second-order valence-corrected chi connectivity index (χ2v) is 6.96. The highest BCUT2D eigenvalue weighted by atomic mass is 32.2. The molecule has 0 saturated carbocycles. The van der Waals surface area contributed by atoms with Gasteiger partial charge in [0.05, 0.1) is 12.3 Å². The van der Waals surface area contributed by atoms with Crippen molar-refractivity contribution in [3.05, 3.63) is 23.7 Å². The van der Waals surface area contributed by atoms with Crippen molar-refractivity contribution in [3.8, 4) is 0 Å². The van der Waals surface area contributed by atoms with Gasteiger partial charge in [-0.2, -0.15) is 0 Å². The van der Waals surface area contributed by atoms with Crippen molar-refractivity contribution < 1.29 is 8.63 Å². The van der Waals surface area contributed by atoms with Gasteiger partial charge in [0.2, 0.25) is 0 Å². The van der Waals surface area contributed by atoms with Gasteiger partial charge in [0.15, 0.2) is 0 Å². The Bertz CT molecular complexity index is 352. The van der Waals surface area contributed by atoms with Gasteiger partial charge < -0.3 is 9.73 Å². The molecule has 0 aliphatic carbocycles. The molecule has 0 aromatic carbocycles. The third-order valence-electron chi connectivity index (χ3n) is 2.22. The van der Waals surface area contributed by atoms with Gasteiger partial charge in [-0.1, -0.05) is 6.92 Å². The normalized spacial score (nSPS) is 14.0. The molecule has 1 heterocycles. The Balaban J connectivity index is 2.55. The monoisotopic (exact) mass is 243 g/mol. The highest BCUT2D eigenvalue weighted by Crippen LogP contribution is 2.17. The van der Waals surface area contributed by atoms with Gasteiger partial charge in [0, 0.05) is 15.5 Å². The maximum atomic E-state index is 11.9. The summed E-state index contributed by atoms with van der Waals surface area (Å²) in [6, 6.07) is 3.86. The first-order valence-electron chi connectivity index (χ1n) is 5.60. The highest BCUT2D eigenvalue weighted by molar-refractivity contribution is 7.85. The molecule has 0 spiro atoms. The Labute approximate surface area is 100 Å². The summed E-state index contributed by atoms with van der Waals surface area (Å²) < 4.78 is 17.3. The van der Waals surface area contributed by atoms with Crippen LogP contribution in [0.4, 0.5) is 0 Å². The van der Waals surface area contributed by atoms with E-state index >= 15 is 0 Å². The Morgan fingerprint density at radius 2 is 1.94 bits per heavy atom. The zero-order valence-corrected chi connectivity index (χ0v) is 11.3. The second-order valence-electron chi connectivity index (χ2n) is 4.75. The lowest BCUT2D eigenvalue weighted by Gasteiger charge is -2.16. The lowest BCUT2D eigenvalue weighted by molar-refractivity contribution is 0.461. The summed E-state index contributed by atoms with van der Waals surface area (Å²) in [6.07, 6.45) is 0. The maximum Gasteiger partial charge on any atom is 0.118 e. The highest BCUT2D eigenvalue weighted by Gasteiger charge is 2.20. The molecule has 4 heteroatoms. The Morgan fingerprint density at radius 3 is 2.50 bits per heavy atom. The van der Waals surface area contributed by atoms with Crippen LogP contribution in [-0.4, -0.2) is 15.5 Å². The summed E-state index contributed by atoms with van der Waals surface area (Å²) in [5, 5.41) is 3.19. The molecule has 1 aromatic heterocycles. The summed E-state index contributed by atoms with van der Waals surface area (Å²) in [5.74, 6) is 2.21. The van der Waals surface area contributed by atoms with Gasteiger partial charge >= 0.3 is 0 Å². The molecule has 16 heavy (non-hydrogen) atoms. The van der Waals surface area contributed by atoms with E-state index in [9.17, 15) is 4.21 Å². The van der Waals surface area contributed by atoms with Gasteiger partial charge in [0.25, 0.3) is 0 Å². The zero-order valence-electron chi connectivity index (χ0n) is 10.5. The molecule has 1 atom stereocenters. The van der Waals surface area contributed by atoms with Crippen LogP contribution < -0.4 is 5.32 Å². The molecule has 1 rings (SSSR count). The molecule has 3 nitrogen and oxygen atoms in total. The van der Waals surface area contributed by atoms with E-state index in [2.05, 4.69) is 12.2 Å². The van der Waals surface area contributed by atoms with Crippen molar-refractivity contribution in [2.75, 3.05) is 6.54 Å². The largest absolute Gasteiger partial charge is 0.464 e. The Kier molecular flexibility index (Phi) is 4.74. The average molecular weight is 243 g/mol. The first-order valence-corrected chi connectivity index (χ1v) is 6.92. The second kappa shape index (κ2) is 5.64. The topological polar surface area (TPSA) is 42.2 Å². The number of hydrogen-bond donors (Lipinski definition) is 1. The van der Waals surface area contributed by atoms with E-state index in [1.54, 1.807) is 0 Å². The van der Waals surface area contributed by atoms with Crippen molar-refractivity contribution in [1.29, 1.82) is 0 Å². The Hall–Kier alpha value is -0.610. The van der Waals surface area contributed by atoms with Crippen molar-refractivity contribution in [1.82, 2.24) is 5.32 Å². The van der Waals surface area contributed by atoms with Gasteiger partial charge in [-0.15, -0.1) is 0 Å². The Morgan fingerprint density at radius 1 is 1.31 bits per heavy atom. The van der Waals surface area contributed by atoms with Crippen LogP contribution in [0.3, 0.4) is 0 Å². The van der Waals surface area contributed by atoms with E-state index in [4.69, 9.17) is 4.42 Å². The van der Waals surface area contributed by atoms with E-state index in [1.165, 1.54) is 0 Å². The van der Waals surface area contributed by atoms with Crippen molar-refractivity contribution >= 4 is 10.8 Å². The fourth-order valence-corrected chi connectivity index (χ4v) is 2.04. The van der Waals surface area contributed by atoms with Crippen LogP contribution in [-0.2, 0) is 23.1 Å². The van der Waals surface area contributed by atoms with E-state index in [0.717, 1.165) is 24.6 Å². The fraction of sp³-hybridized carbons (Fsp3) is 0.667. The summed E-state index contributed by atoms with van der Waals surface area (Å²) >= 11 is 0. The lowest BCUT2D eigenvalue weighted by Crippen LogP contribution is -2.22. The first-order chi connectivity index (χ1) is 7.43. The first kappa shape index (κ1) is 13.5. The third-order valence-corrected chi connectivity index (χ3v) is 4.14. The van der Waals surface area contributed by atoms with Gasteiger partial charge in [0.1, 0.15) is 11.5 Å². The molecule has 92 valence electrons. The molecule has 0 aliphatic heterocycles. The summed E-state index contributed by atoms with van der Waals surface area (Å²) in [5.41, 5.74) is 0. The summed E-state index contributed by atoms with van der Waals surface area (Å²) in [7, 11) is -0.895. The molecule has 0 bridgehead atoms. The fourth-order valence-electron chi connectivity index (χ4n) is 1.19. The molecular weight excluding hydrogens is 222 g/mol. The average Bonchev–Trinajstić information content (AvgIpc) is 2.61. The minimum atomic E-state index is -0.895. The molecule has 1 unspecified atom stereocenters. The van der Waals surface area contributed by atoms with Crippen LogP contribution in [0.5, 0.6) is 0 Å². The number of hydrogen-bond acceptors (Lipinski definition) is 3. The predicted octanol–water partition coefficient (Wildman–Crippen LogP) is 2.44. The number of nitrogens with one attached hydrogen (secondary N) is 1. The van der Waals surface area contributed by atoms with Gasteiger partial charge in [-0.25, -0.2) is 0 Å². The van der Waals surface area contributed by atoms with E-state index in [0.29, 0.717) is 5.75 Å². The lowest BCUT2D eigenvalue weighted by atomic mass is 10.3. The molecule has 0 fully saturated rings. The smallest absolute Gasteiger partial charge is 0.118 e. The molecule has 1 N–H and O–H groups in total. The zero-order chi connectivity index (χ0) is 12.2. The standard InChI is InChI=1S/C12H21NO2S/c1-5-13-8-10-6-7-11(15-10)9-16(14)12(2,3)4/h6-7,13H,5,8-9H2,1-4H3. The summed E-state index contributed by atoms with van der Waals surface area (Å²) in [4.78, 5) is 0. The van der Waals surface area contributed by atoms with Crippen LogP contribution in [0, 0.1) is 0 Å². The summed E-state index contributed by atoms with van der Waals surface area (Å²) in [6.45, 7) is 9.64. The molecule has 0 saturated heterocycles. The van der Waals surface area contributed by atoms with Gasteiger partial charge in [-0.05, 0) is 39.4 Å². The van der Waals surface area contributed by atoms with Crippen molar-refractivity contribution in [2.24, 2.45) is 0 Å². The molecule has 0 amide bonds. The van der Waals surface area contributed by atoms with E-state index in [-0.39, 0.29) is 4.75 Å². The van der Waals surface area contributed by atoms with Crippen LogP contribution >= 0.6 is 0 Å². The quantitative estimate of drug-likeness (QED) is 0.863. The maximum absolute atomic E-state index is 11.9. The molecular formula is C12H21NO2S.